The van der Waals surface area contributed by atoms with Crippen molar-refractivity contribution < 1.29 is 0 Å². The van der Waals surface area contributed by atoms with Crippen molar-refractivity contribution in [1.82, 2.24) is 10.6 Å². The SMILES string of the molecule is CCNC(=NCc1ccc(Cl)cc1)NC1CC=CC1. The third-order valence-corrected chi connectivity index (χ3v) is 3.28. The number of hydrogen-bond acceptors (Lipinski definition) is 1. The quantitative estimate of drug-likeness (QED) is 0.504. The molecule has 0 heterocycles. The van der Waals surface area contributed by atoms with Gasteiger partial charge in [0.15, 0.2) is 5.96 Å². The Bertz CT molecular complexity index is 443. The summed E-state index contributed by atoms with van der Waals surface area (Å²) in [6.45, 7) is 3.60. The second-order valence-corrected chi connectivity index (χ2v) is 5.04. The molecule has 0 bridgehead atoms. The molecule has 0 spiro atoms. The lowest BCUT2D eigenvalue weighted by molar-refractivity contribution is 0.633. The average molecular weight is 278 g/mol. The number of benzene rings is 1. The zero-order chi connectivity index (χ0) is 13.5. The molecule has 0 radical (unpaired) electrons. The number of hydrogen-bond donors (Lipinski definition) is 2. The van der Waals surface area contributed by atoms with E-state index in [4.69, 9.17) is 11.6 Å². The molecule has 4 heteroatoms. The summed E-state index contributed by atoms with van der Waals surface area (Å²) in [5.41, 5.74) is 1.16. The highest BCUT2D eigenvalue weighted by atomic mass is 35.5. The van der Waals surface area contributed by atoms with Crippen LogP contribution in [0.2, 0.25) is 5.02 Å². The topological polar surface area (TPSA) is 36.4 Å². The predicted molar refractivity (Wildman–Crippen MR) is 81.6 cm³/mol. The largest absolute Gasteiger partial charge is 0.357 e. The lowest BCUT2D eigenvalue weighted by Gasteiger charge is -2.16. The van der Waals surface area contributed by atoms with Crippen molar-refractivity contribution in [1.29, 1.82) is 0 Å². The molecule has 2 rings (SSSR count). The van der Waals surface area contributed by atoms with Gasteiger partial charge in [0.05, 0.1) is 6.54 Å². The maximum atomic E-state index is 5.87. The Morgan fingerprint density at radius 2 is 1.95 bits per heavy atom. The molecule has 19 heavy (non-hydrogen) atoms. The van der Waals surface area contributed by atoms with E-state index in [2.05, 4.69) is 34.7 Å². The Hall–Kier alpha value is -1.48. The first-order chi connectivity index (χ1) is 9.28. The van der Waals surface area contributed by atoms with Gasteiger partial charge in [-0.05, 0) is 37.5 Å². The molecular weight excluding hydrogens is 258 g/mol. The summed E-state index contributed by atoms with van der Waals surface area (Å²) in [5, 5.41) is 7.48. The molecule has 0 saturated heterocycles. The van der Waals surface area contributed by atoms with Gasteiger partial charge >= 0.3 is 0 Å². The van der Waals surface area contributed by atoms with Gasteiger partial charge in [0.25, 0.3) is 0 Å². The van der Waals surface area contributed by atoms with Crippen LogP contribution >= 0.6 is 11.6 Å². The van der Waals surface area contributed by atoms with Crippen LogP contribution in [-0.2, 0) is 6.54 Å². The molecule has 2 N–H and O–H groups in total. The van der Waals surface area contributed by atoms with Crippen molar-refractivity contribution in [3.63, 3.8) is 0 Å². The van der Waals surface area contributed by atoms with Crippen molar-refractivity contribution in [3.8, 4) is 0 Å². The molecule has 1 aromatic carbocycles. The van der Waals surface area contributed by atoms with Crippen LogP contribution in [0.25, 0.3) is 0 Å². The smallest absolute Gasteiger partial charge is 0.191 e. The molecule has 3 nitrogen and oxygen atoms in total. The maximum Gasteiger partial charge on any atom is 0.191 e. The van der Waals surface area contributed by atoms with Crippen LogP contribution in [0.15, 0.2) is 41.4 Å². The normalized spacial score (nSPS) is 15.8. The second-order valence-electron chi connectivity index (χ2n) is 4.61. The summed E-state index contributed by atoms with van der Waals surface area (Å²) in [5.74, 6) is 0.881. The Balaban J connectivity index is 1.93. The van der Waals surface area contributed by atoms with Crippen LogP contribution in [-0.4, -0.2) is 18.5 Å². The first kappa shape index (κ1) is 13.9. The highest BCUT2D eigenvalue weighted by Gasteiger charge is 2.11. The van der Waals surface area contributed by atoms with Crippen molar-refractivity contribution in [2.45, 2.75) is 32.4 Å². The minimum Gasteiger partial charge on any atom is -0.357 e. The van der Waals surface area contributed by atoms with Gasteiger partial charge in [-0.3, -0.25) is 0 Å². The summed E-state index contributed by atoms with van der Waals surface area (Å²) in [7, 11) is 0. The van der Waals surface area contributed by atoms with Crippen LogP contribution in [0.5, 0.6) is 0 Å². The molecule has 0 aliphatic heterocycles. The van der Waals surface area contributed by atoms with Gasteiger partial charge in [-0.2, -0.15) is 0 Å². The third kappa shape index (κ3) is 4.60. The van der Waals surface area contributed by atoms with Crippen LogP contribution in [0.4, 0.5) is 0 Å². The van der Waals surface area contributed by atoms with Crippen molar-refractivity contribution >= 4 is 17.6 Å². The van der Waals surface area contributed by atoms with E-state index in [9.17, 15) is 0 Å². The number of nitrogens with one attached hydrogen (secondary N) is 2. The van der Waals surface area contributed by atoms with Gasteiger partial charge in [0.2, 0.25) is 0 Å². The van der Waals surface area contributed by atoms with Crippen LogP contribution in [0, 0.1) is 0 Å². The number of guanidine groups is 1. The van der Waals surface area contributed by atoms with E-state index in [0.29, 0.717) is 12.6 Å². The van der Waals surface area contributed by atoms with E-state index >= 15 is 0 Å². The average Bonchev–Trinajstić information content (AvgIpc) is 2.91. The fourth-order valence-electron chi connectivity index (χ4n) is 2.01. The van der Waals surface area contributed by atoms with E-state index in [0.717, 1.165) is 35.9 Å². The van der Waals surface area contributed by atoms with Crippen molar-refractivity contribution in [2.75, 3.05) is 6.54 Å². The monoisotopic (exact) mass is 277 g/mol. The molecule has 0 aromatic heterocycles. The zero-order valence-corrected chi connectivity index (χ0v) is 12.0. The molecule has 0 saturated carbocycles. The predicted octanol–water partition coefficient (Wildman–Crippen LogP) is 3.11. The van der Waals surface area contributed by atoms with Gasteiger partial charge in [-0.25, -0.2) is 4.99 Å². The van der Waals surface area contributed by atoms with Gasteiger partial charge < -0.3 is 10.6 Å². The molecule has 0 atom stereocenters. The Morgan fingerprint density at radius 1 is 1.26 bits per heavy atom. The minimum atomic E-state index is 0.475. The first-order valence-electron chi connectivity index (χ1n) is 6.72. The number of aliphatic imine (C=N–C) groups is 1. The fraction of sp³-hybridized carbons (Fsp3) is 0.400. The summed E-state index contributed by atoms with van der Waals surface area (Å²) < 4.78 is 0. The van der Waals surface area contributed by atoms with E-state index in [1.165, 1.54) is 0 Å². The number of nitrogens with zero attached hydrogens (tertiary/aromatic N) is 1. The summed E-state index contributed by atoms with van der Waals surface area (Å²) in [6.07, 6.45) is 6.57. The lowest BCUT2D eigenvalue weighted by atomic mass is 10.2. The van der Waals surface area contributed by atoms with Gasteiger partial charge in [-0.1, -0.05) is 35.9 Å². The highest BCUT2D eigenvalue weighted by Crippen LogP contribution is 2.11. The Morgan fingerprint density at radius 3 is 2.58 bits per heavy atom. The Labute approximate surface area is 119 Å². The molecule has 0 amide bonds. The van der Waals surface area contributed by atoms with E-state index in [-0.39, 0.29) is 0 Å². The van der Waals surface area contributed by atoms with Gasteiger partial charge in [-0.15, -0.1) is 0 Å². The van der Waals surface area contributed by atoms with E-state index in [1.54, 1.807) is 0 Å². The molecule has 0 unspecified atom stereocenters. The Kier molecular flexibility index (Phi) is 5.28. The standard InChI is InChI=1S/C15H20ClN3/c1-2-17-15(19-14-5-3-4-6-14)18-11-12-7-9-13(16)10-8-12/h3-4,7-10,14H,2,5-6,11H2,1H3,(H2,17,18,19). The highest BCUT2D eigenvalue weighted by molar-refractivity contribution is 6.30. The first-order valence-corrected chi connectivity index (χ1v) is 7.10. The summed E-state index contributed by atoms with van der Waals surface area (Å²) in [4.78, 5) is 4.60. The molecule has 1 aliphatic carbocycles. The van der Waals surface area contributed by atoms with Gasteiger partial charge in [0.1, 0.15) is 0 Å². The van der Waals surface area contributed by atoms with E-state index in [1.807, 2.05) is 24.3 Å². The van der Waals surface area contributed by atoms with E-state index < -0.39 is 0 Å². The number of halogens is 1. The van der Waals surface area contributed by atoms with Crippen molar-refractivity contribution in [2.24, 2.45) is 4.99 Å². The number of rotatable bonds is 4. The molecule has 1 aliphatic rings. The van der Waals surface area contributed by atoms with Crippen LogP contribution in [0.3, 0.4) is 0 Å². The zero-order valence-electron chi connectivity index (χ0n) is 11.2. The van der Waals surface area contributed by atoms with Crippen LogP contribution in [0.1, 0.15) is 25.3 Å². The lowest BCUT2D eigenvalue weighted by Crippen LogP contribution is -2.42. The molecule has 102 valence electrons. The maximum absolute atomic E-state index is 5.87. The second kappa shape index (κ2) is 7.19. The summed E-state index contributed by atoms with van der Waals surface area (Å²) in [6, 6.07) is 8.28. The molecular formula is C15H20ClN3. The molecule has 0 fully saturated rings. The summed E-state index contributed by atoms with van der Waals surface area (Å²) >= 11 is 5.87. The van der Waals surface area contributed by atoms with Gasteiger partial charge in [0, 0.05) is 17.6 Å². The molecule has 1 aromatic rings. The van der Waals surface area contributed by atoms with Crippen molar-refractivity contribution in [3.05, 3.63) is 47.0 Å². The van der Waals surface area contributed by atoms with Crippen LogP contribution < -0.4 is 10.6 Å². The minimum absolute atomic E-state index is 0.475. The third-order valence-electron chi connectivity index (χ3n) is 3.03. The fourth-order valence-corrected chi connectivity index (χ4v) is 2.13.